The third-order valence-electron chi connectivity index (χ3n) is 5.09. The molecule has 2 heterocycles. The van der Waals surface area contributed by atoms with E-state index in [1.807, 2.05) is 62.4 Å². The molecule has 0 saturated heterocycles. The minimum Gasteiger partial charge on any atom is -0.479 e. The van der Waals surface area contributed by atoms with E-state index < -0.39 is 12.1 Å². The monoisotopic (exact) mass is 421 g/mol. The van der Waals surface area contributed by atoms with Crippen molar-refractivity contribution in [1.29, 1.82) is 0 Å². The van der Waals surface area contributed by atoms with Crippen molar-refractivity contribution in [1.82, 2.24) is 4.98 Å². The zero-order valence-electron chi connectivity index (χ0n) is 17.3. The normalized spacial score (nSPS) is 16.6. The largest absolute Gasteiger partial charge is 0.479 e. The fourth-order valence-corrected chi connectivity index (χ4v) is 4.43. The number of hydrogen-bond donors (Lipinski definition) is 1. The number of thiazole rings is 1. The van der Waals surface area contributed by atoms with Gasteiger partial charge >= 0.3 is 0 Å². The Morgan fingerprint density at radius 3 is 2.60 bits per heavy atom. The van der Waals surface area contributed by atoms with Crippen LogP contribution < -0.4 is 15.0 Å². The molecule has 6 nitrogen and oxygen atoms in total. The zero-order valence-corrected chi connectivity index (χ0v) is 18.1. The minimum atomic E-state index is -0.712. The van der Waals surface area contributed by atoms with Crippen LogP contribution in [-0.4, -0.2) is 28.9 Å². The Kier molecular flexibility index (Phi) is 5.30. The van der Waals surface area contributed by atoms with Crippen LogP contribution in [0.5, 0.6) is 5.75 Å². The van der Waals surface area contributed by atoms with Crippen molar-refractivity contribution in [3.63, 3.8) is 0 Å². The Bertz CT molecular complexity index is 1110. The summed E-state index contributed by atoms with van der Waals surface area (Å²) in [6, 6.07) is 14.2. The van der Waals surface area contributed by atoms with E-state index in [1.165, 1.54) is 4.90 Å². The number of aromatic nitrogens is 1. The van der Waals surface area contributed by atoms with E-state index in [-0.39, 0.29) is 11.8 Å². The van der Waals surface area contributed by atoms with E-state index in [0.29, 0.717) is 17.1 Å². The highest BCUT2D eigenvalue weighted by atomic mass is 32.1. The number of carbonyl (C=O) groups excluding carboxylic acids is 2. The summed E-state index contributed by atoms with van der Waals surface area (Å²) in [5, 5.41) is 3.86. The highest BCUT2D eigenvalue weighted by molar-refractivity contribution is 7.11. The lowest BCUT2D eigenvalue weighted by Crippen LogP contribution is -2.52. The summed E-state index contributed by atoms with van der Waals surface area (Å²) in [5.74, 6) is 0.0667. The first-order valence-electron chi connectivity index (χ1n) is 9.79. The molecule has 30 heavy (non-hydrogen) atoms. The molecule has 2 aromatic carbocycles. The van der Waals surface area contributed by atoms with Crippen LogP contribution >= 0.6 is 11.3 Å². The van der Waals surface area contributed by atoms with E-state index in [4.69, 9.17) is 4.74 Å². The van der Waals surface area contributed by atoms with Gasteiger partial charge in [-0.25, -0.2) is 4.98 Å². The molecule has 7 heteroatoms. The number of rotatable bonds is 4. The summed E-state index contributed by atoms with van der Waals surface area (Å²) in [4.78, 5) is 33.2. The molecule has 0 radical (unpaired) electrons. The molecule has 1 aromatic heterocycles. The van der Waals surface area contributed by atoms with E-state index >= 15 is 0 Å². The third kappa shape index (κ3) is 3.68. The van der Waals surface area contributed by atoms with E-state index in [0.717, 1.165) is 21.1 Å². The number of amides is 2. The SMILES string of the molecule is Cc1nc(-c2ccc3c(c2)N(C(C)C(=O)Nc2ccccc2)C(=O)C(C)O3)c(C)s1. The number of hydrogen-bond acceptors (Lipinski definition) is 5. The van der Waals surface area contributed by atoms with Gasteiger partial charge < -0.3 is 10.1 Å². The fourth-order valence-electron chi connectivity index (χ4n) is 3.59. The van der Waals surface area contributed by atoms with Gasteiger partial charge in [-0.3, -0.25) is 14.5 Å². The quantitative estimate of drug-likeness (QED) is 0.670. The van der Waals surface area contributed by atoms with Gasteiger partial charge in [0.05, 0.1) is 16.4 Å². The van der Waals surface area contributed by atoms with Crippen molar-refractivity contribution in [3.05, 3.63) is 58.4 Å². The zero-order chi connectivity index (χ0) is 21.4. The van der Waals surface area contributed by atoms with Crippen LogP contribution in [0.2, 0.25) is 0 Å². The highest BCUT2D eigenvalue weighted by Crippen LogP contribution is 2.39. The van der Waals surface area contributed by atoms with Crippen LogP contribution in [0.3, 0.4) is 0 Å². The van der Waals surface area contributed by atoms with E-state index in [1.54, 1.807) is 25.2 Å². The van der Waals surface area contributed by atoms with Crippen LogP contribution in [0.15, 0.2) is 48.5 Å². The van der Waals surface area contributed by atoms with Crippen molar-refractivity contribution in [2.45, 2.75) is 39.8 Å². The van der Waals surface area contributed by atoms with Crippen molar-refractivity contribution in [3.8, 4) is 17.0 Å². The number of carbonyl (C=O) groups is 2. The van der Waals surface area contributed by atoms with Gasteiger partial charge in [-0.1, -0.05) is 18.2 Å². The second-order valence-corrected chi connectivity index (χ2v) is 8.73. The maximum absolute atomic E-state index is 13.0. The molecule has 4 rings (SSSR count). The van der Waals surface area contributed by atoms with Crippen LogP contribution in [0.25, 0.3) is 11.3 Å². The predicted molar refractivity (Wildman–Crippen MR) is 119 cm³/mol. The summed E-state index contributed by atoms with van der Waals surface area (Å²) in [7, 11) is 0. The first-order valence-corrected chi connectivity index (χ1v) is 10.6. The molecule has 154 valence electrons. The molecule has 0 bridgehead atoms. The molecule has 1 aliphatic rings. The van der Waals surface area contributed by atoms with Gasteiger partial charge in [0.15, 0.2) is 6.10 Å². The van der Waals surface area contributed by atoms with Gasteiger partial charge in [-0.05, 0) is 58.0 Å². The number of aryl methyl sites for hydroxylation is 2. The first-order chi connectivity index (χ1) is 14.3. The standard InChI is InChI=1S/C23H23N3O3S/c1-13(22(27)25-18-8-6-5-7-9-18)26-19-12-17(21-15(3)30-16(4)24-21)10-11-20(19)29-14(2)23(26)28/h5-14H,1-4H3,(H,25,27). The fraction of sp³-hybridized carbons (Fsp3) is 0.261. The molecule has 0 saturated carbocycles. The predicted octanol–water partition coefficient (Wildman–Crippen LogP) is 4.57. The lowest BCUT2D eigenvalue weighted by molar-refractivity contribution is -0.128. The molecule has 2 unspecified atom stereocenters. The highest BCUT2D eigenvalue weighted by Gasteiger charge is 2.37. The van der Waals surface area contributed by atoms with Gasteiger partial charge in [0.2, 0.25) is 5.91 Å². The molecule has 0 spiro atoms. The number of para-hydroxylation sites is 1. The Morgan fingerprint density at radius 2 is 1.93 bits per heavy atom. The molecule has 1 aliphatic heterocycles. The lowest BCUT2D eigenvalue weighted by atomic mass is 10.1. The second-order valence-electron chi connectivity index (χ2n) is 7.32. The minimum absolute atomic E-state index is 0.249. The third-order valence-corrected chi connectivity index (χ3v) is 5.98. The summed E-state index contributed by atoms with van der Waals surface area (Å²) < 4.78 is 5.81. The Morgan fingerprint density at radius 1 is 1.20 bits per heavy atom. The molecule has 0 fully saturated rings. The van der Waals surface area contributed by atoms with Crippen LogP contribution in [0.4, 0.5) is 11.4 Å². The van der Waals surface area contributed by atoms with Crippen molar-refractivity contribution < 1.29 is 14.3 Å². The van der Waals surface area contributed by atoms with Crippen molar-refractivity contribution in [2.75, 3.05) is 10.2 Å². The molecular formula is C23H23N3O3S. The number of anilines is 2. The number of ether oxygens (including phenoxy) is 1. The van der Waals surface area contributed by atoms with Gasteiger partial charge in [-0.15, -0.1) is 11.3 Å². The maximum atomic E-state index is 13.0. The molecule has 0 aliphatic carbocycles. The topological polar surface area (TPSA) is 71.5 Å². The van der Waals surface area contributed by atoms with Gasteiger partial charge in [0.1, 0.15) is 11.8 Å². The summed E-state index contributed by atoms with van der Waals surface area (Å²) in [6.07, 6.45) is -0.668. The summed E-state index contributed by atoms with van der Waals surface area (Å²) in [5.41, 5.74) is 3.04. The van der Waals surface area contributed by atoms with Crippen LogP contribution in [0.1, 0.15) is 23.7 Å². The Hall–Kier alpha value is -3.19. The molecular weight excluding hydrogens is 398 g/mol. The number of nitrogens with one attached hydrogen (secondary N) is 1. The van der Waals surface area contributed by atoms with Gasteiger partial charge in [0.25, 0.3) is 5.91 Å². The summed E-state index contributed by atoms with van der Waals surface area (Å²) in [6.45, 7) is 7.41. The Balaban J connectivity index is 1.71. The molecule has 2 atom stereocenters. The van der Waals surface area contributed by atoms with Gasteiger partial charge in [-0.2, -0.15) is 0 Å². The van der Waals surface area contributed by atoms with Crippen molar-refractivity contribution >= 4 is 34.5 Å². The first kappa shape index (κ1) is 20.1. The van der Waals surface area contributed by atoms with Crippen LogP contribution in [-0.2, 0) is 9.59 Å². The second kappa shape index (κ2) is 7.91. The average Bonchev–Trinajstić information content (AvgIpc) is 3.07. The van der Waals surface area contributed by atoms with Crippen molar-refractivity contribution in [2.24, 2.45) is 0 Å². The molecule has 3 aromatic rings. The number of nitrogens with zero attached hydrogens (tertiary/aromatic N) is 2. The number of fused-ring (bicyclic) bond motifs is 1. The van der Waals surface area contributed by atoms with E-state index in [9.17, 15) is 9.59 Å². The Labute approximate surface area is 179 Å². The average molecular weight is 422 g/mol. The summed E-state index contributed by atoms with van der Waals surface area (Å²) >= 11 is 1.63. The van der Waals surface area contributed by atoms with E-state index in [2.05, 4.69) is 10.3 Å². The lowest BCUT2D eigenvalue weighted by Gasteiger charge is -2.36. The molecule has 2 amide bonds. The smallest absolute Gasteiger partial charge is 0.268 e. The van der Waals surface area contributed by atoms with Crippen LogP contribution in [0, 0.1) is 13.8 Å². The number of benzene rings is 2. The molecule has 1 N–H and O–H groups in total. The maximum Gasteiger partial charge on any atom is 0.268 e. The van der Waals surface area contributed by atoms with Gasteiger partial charge in [0, 0.05) is 16.1 Å².